The molecule has 1 aliphatic rings. The van der Waals surface area contributed by atoms with Gasteiger partial charge in [-0.05, 0) is 46.5 Å². The Kier molecular flexibility index (Phi) is 5.63. The first kappa shape index (κ1) is 17.7. The highest BCUT2D eigenvalue weighted by molar-refractivity contribution is 5.96. The molecule has 1 aliphatic heterocycles. The van der Waals surface area contributed by atoms with Crippen molar-refractivity contribution in [2.75, 3.05) is 19.7 Å². The molecule has 1 atom stereocenters. The van der Waals surface area contributed by atoms with E-state index < -0.39 is 0 Å². The molecule has 2 heterocycles. The van der Waals surface area contributed by atoms with Gasteiger partial charge in [0.25, 0.3) is 5.91 Å². The lowest BCUT2D eigenvalue weighted by molar-refractivity contribution is 0.0282. The largest absolute Gasteiger partial charge is 0.396 e. The Morgan fingerprint density at radius 1 is 1.48 bits per heavy atom. The minimum absolute atomic E-state index is 0.0182. The van der Waals surface area contributed by atoms with Gasteiger partial charge in [0.1, 0.15) is 11.3 Å². The summed E-state index contributed by atoms with van der Waals surface area (Å²) < 4.78 is 5.20. The average Bonchev–Trinajstić information content (AvgIpc) is 2.93. The maximum Gasteiger partial charge on any atom is 0.259 e. The number of aliphatic hydroxyl groups is 1. The first-order valence-corrected chi connectivity index (χ1v) is 8.41. The van der Waals surface area contributed by atoms with Crippen LogP contribution in [0.2, 0.25) is 0 Å². The Balaban J connectivity index is 2.21. The molecule has 1 saturated heterocycles. The fraction of sp³-hybridized carbons (Fsp3) is 0.667. The van der Waals surface area contributed by atoms with Crippen molar-refractivity contribution in [3.05, 3.63) is 28.7 Å². The lowest BCUT2D eigenvalue weighted by Gasteiger charge is -2.41. The molecule has 2 rings (SSSR count). The Bertz CT molecular complexity index is 587. The summed E-state index contributed by atoms with van der Waals surface area (Å²) in [6.07, 6.45) is 5.50. The lowest BCUT2D eigenvalue weighted by atomic mass is 9.77. The number of hydrogen-bond donors (Lipinski definition) is 1. The fourth-order valence-corrected chi connectivity index (χ4v) is 3.25. The van der Waals surface area contributed by atoms with E-state index in [0.29, 0.717) is 24.3 Å². The average molecular weight is 320 g/mol. The van der Waals surface area contributed by atoms with Crippen LogP contribution in [0.4, 0.5) is 0 Å². The summed E-state index contributed by atoms with van der Waals surface area (Å²) in [6.45, 7) is 9.28. The van der Waals surface area contributed by atoms with Crippen LogP contribution in [-0.2, 0) is 6.42 Å². The van der Waals surface area contributed by atoms with E-state index in [1.807, 2.05) is 11.8 Å². The van der Waals surface area contributed by atoms with E-state index in [2.05, 4.69) is 25.1 Å². The van der Waals surface area contributed by atoms with Gasteiger partial charge in [0.15, 0.2) is 0 Å². The molecule has 1 unspecified atom stereocenters. The number of hydrogen-bond acceptors (Lipinski definition) is 4. The molecular weight excluding hydrogens is 292 g/mol. The first-order chi connectivity index (χ1) is 10.9. The number of likely N-dealkylation sites (tertiary alicyclic amines) is 1. The van der Waals surface area contributed by atoms with Crippen LogP contribution in [-0.4, -0.2) is 40.8 Å². The van der Waals surface area contributed by atoms with Crippen LogP contribution < -0.4 is 0 Å². The summed E-state index contributed by atoms with van der Waals surface area (Å²) in [4.78, 5) is 14.8. The number of carbonyl (C=O) groups excluding carboxylic acids is 1. The van der Waals surface area contributed by atoms with Gasteiger partial charge in [-0.25, -0.2) is 0 Å². The predicted molar refractivity (Wildman–Crippen MR) is 89.3 cm³/mol. The second kappa shape index (κ2) is 7.30. The van der Waals surface area contributed by atoms with Crippen LogP contribution in [0.3, 0.4) is 0 Å². The number of aliphatic hydroxyl groups excluding tert-OH is 1. The molecule has 1 fully saturated rings. The number of aryl methyl sites for hydroxylation is 2. The number of allylic oxidation sites excluding steroid dienone is 2. The molecule has 0 aromatic carbocycles. The third-order valence-corrected chi connectivity index (χ3v) is 4.71. The topological polar surface area (TPSA) is 66.6 Å². The zero-order valence-electron chi connectivity index (χ0n) is 14.7. The highest BCUT2D eigenvalue weighted by atomic mass is 16.5. The van der Waals surface area contributed by atoms with Gasteiger partial charge < -0.3 is 14.5 Å². The quantitative estimate of drug-likeness (QED) is 0.847. The highest BCUT2D eigenvalue weighted by Crippen LogP contribution is 2.35. The van der Waals surface area contributed by atoms with Gasteiger partial charge in [-0.3, -0.25) is 4.79 Å². The van der Waals surface area contributed by atoms with Gasteiger partial charge >= 0.3 is 0 Å². The second-order valence-electron chi connectivity index (χ2n) is 6.89. The maximum atomic E-state index is 12.9. The van der Waals surface area contributed by atoms with Gasteiger partial charge in [0.05, 0.1) is 12.3 Å². The lowest BCUT2D eigenvalue weighted by Crippen LogP contribution is -2.48. The summed E-state index contributed by atoms with van der Waals surface area (Å²) in [6, 6.07) is 0. The van der Waals surface area contributed by atoms with Crippen molar-refractivity contribution in [1.29, 1.82) is 0 Å². The number of amides is 1. The van der Waals surface area contributed by atoms with Crippen LogP contribution in [0.15, 0.2) is 16.2 Å². The van der Waals surface area contributed by atoms with Gasteiger partial charge in [0, 0.05) is 18.5 Å². The molecule has 23 heavy (non-hydrogen) atoms. The van der Waals surface area contributed by atoms with Crippen molar-refractivity contribution < 1.29 is 14.4 Å². The van der Waals surface area contributed by atoms with Crippen molar-refractivity contribution in [3.63, 3.8) is 0 Å². The van der Waals surface area contributed by atoms with Gasteiger partial charge in [-0.1, -0.05) is 23.7 Å². The van der Waals surface area contributed by atoms with Crippen LogP contribution >= 0.6 is 0 Å². The molecule has 0 aliphatic carbocycles. The molecule has 0 saturated carbocycles. The Hall–Kier alpha value is -1.62. The van der Waals surface area contributed by atoms with Gasteiger partial charge in [-0.2, -0.15) is 0 Å². The zero-order chi connectivity index (χ0) is 17.0. The minimum atomic E-state index is -0.234. The summed E-state index contributed by atoms with van der Waals surface area (Å²) in [5.41, 5.74) is 2.33. The third-order valence-electron chi connectivity index (χ3n) is 4.71. The normalized spacial score (nSPS) is 21.3. The van der Waals surface area contributed by atoms with Crippen LogP contribution in [0, 0.1) is 12.3 Å². The molecule has 5 heteroatoms. The van der Waals surface area contributed by atoms with Crippen LogP contribution in [0.5, 0.6) is 0 Å². The number of carbonyl (C=O) groups is 1. The first-order valence-electron chi connectivity index (χ1n) is 8.41. The van der Waals surface area contributed by atoms with Crippen LogP contribution in [0.1, 0.15) is 61.8 Å². The van der Waals surface area contributed by atoms with Crippen molar-refractivity contribution >= 4 is 5.91 Å². The van der Waals surface area contributed by atoms with E-state index in [9.17, 15) is 9.90 Å². The van der Waals surface area contributed by atoms with E-state index in [4.69, 9.17) is 4.52 Å². The summed E-state index contributed by atoms with van der Waals surface area (Å²) in [7, 11) is 0. The maximum absolute atomic E-state index is 12.9. The van der Waals surface area contributed by atoms with E-state index >= 15 is 0 Å². The van der Waals surface area contributed by atoms with E-state index in [0.717, 1.165) is 31.5 Å². The molecule has 0 radical (unpaired) electrons. The number of piperidine rings is 1. The molecule has 0 spiro atoms. The van der Waals surface area contributed by atoms with Gasteiger partial charge in [-0.15, -0.1) is 0 Å². The van der Waals surface area contributed by atoms with Crippen molar-refractivity contribution in [2.24, 2.45) is 5.41 Å². The summed E-state index contributed by atoms with van der Waals surface area (Å²) in [5.74, 6) is 0.562. The molecule has 1 aromatic rings. The molecule has 1 N–H and O–H groups in total. The number of rotatable bonds is 5. The molecule has 1 aromatic heterocycles. The SMILES string of the molecule is CCc1noc(C)c1C(=O)N1CCCC(CO)(CC=C(C)C)C1. The summed E-state index contributed by atoms with van der Waals surface area (Å²) in [5, 5.41) is 13.9. The molecule has 128 valence electrons. The van der Waals surface area contributed by atoms with E-state index in [1.54, 1.807) is 6.92 Å². The second-order valence-corrected chi connectivity index (χ2v) is 6.89. The predicted octanol–water partition coefficient (Wildman–Crippen LogP) is 3.12. The van der Waals surface area contributed by atoms with Crippen molar-refractivity contribution in [2.45, 2.75) is 53.4 Å². The third kappa shape index (κ3) is 3.83. The number of nitrogens with zero attached hydrogens (tertiary/aromatic N) is 2. The summed E-state index contributed by atoms with van der Waals surface area (Å²) >= 11 is 0. The molecule has 5 nitrogen and oxygen atoms in total. The highest BCUT2D eigenvalue weighted by Gasteiger charge is 2.37. The molecule has 0 bridgehead atoms. The van der Waals surface area contributed by atoms with Crippen molar-refractivity contribution in [1.82, 2.24) is 10.1 Å². The van der Waals surface area contributed by atoms with Crippen molar-refractivity contribution in [3.8, 4) is 0 Å². The monoisotopic (exact) mass is 320 g/mol. The fourth-order valence-electron chi connectivity index (χ4n) is 3.25. The Morgan fingerprint density at radius 2 is 2.22 bits per heavy atom. The Morgan fingerprint density at radius 3 is 2.83 bits per heavy atom. The van der Waals surface area contributed by atoms with Crippen LogP contribution in [0.25, 0.3) is 0 Å². The minimum Gasteiger partial charge on any atom is -0.396 e. The van der Waals surface area contributed by atoms with E-state index in [1.165, 1.54) is 5.57 Å². The Labute approximate surface area is 138 Å². The zero-order valence-corrected chi connectivity index (χ0v) is 14.7. The smallest absolute Gasteiger partial charge is 0.259 e. The van der Waals surface area contributed by atoms with Gasteiger partial charge in [0.2, 0.25) is 0 Å². The number of aromatic nitrogens is 1. The standard InChI is InChI=1S/C18H28N2O3/c1-5-15-16(14(4)23-19-15)17(22)20-10-6-8-18(11-20,12-21)9-7-13(2)3/h7,21H,5-6,8-12H2,1-4H3. The molecule has 1 amide bonds. The molecular formula is C18H28N2O3. The van der Waals surface area contributed by atoms with E-state index in [-0.39, 0.29) is 17.9 Å².